The number of hydrogen-bond donors (Lipinski definition) is 0. The maximum atomic E-state index is 13.5. The summed E-state index contributed by atoms with van der Waals surface area (Å²) in [5.74, 6) is 0. The van der Waals surface area contributed by atoms with Crippen LogP contribution in [0.1, 0.15) is 36.1 Å². The lowest BCUT2D eigenvalue weighted by molar-refractivity contribution is -0.140. The molecule has 0 saturated heterocycles. The van der Waals surface area contributed by atoms with Gasteiger partial charge >= 0.3 is 0 Å². The number of halogens is 1. The standard InChI is InChI=1S/C22H30BrNO4S/c1-6-27-22(28-7-2)15-24(14-19-12-18(5)21(23)13-17(19)4)29(25,26)20-10-8-16(3)9-11-20/h8-13,22H,6-7,14-15H2,1-5H3. The van der Waals surface area contributed by atoms with Gasteiger partial charge in [0.25, 0.3) is 0 Å². The summed E-state index contributed by atoms with van der Waals surface area (Å²) in [6, 6.07) is 10.9. The molecule has 0 aliphatic heterocycles. The van der Waals surface area contributed by atoms with Crippen LogP contribution < -0.4 is 0 Å². The molecule has 0 bridgehead atoms. The van der Waals surface area contributed by atoms with E-state index in [9.17, 15) is 8.42 Å². The molecule has 29 heavy (non-hydrogen) atoms. The predicted molar refractivity (Wildman–Crippen MR) is 119 cm³/mol. The second-order valence-electron chi connectivity index (χ2n) is 6.98. The van der Waals surface area contributed by atoms with Crippen molar-refractivity contribution in [3.05, 3.63) is 63.1 Å². The minimum atomic E-state index is -3.73. The predicted octanol–water partition coefficient (Wildman–Crippen LogP) is 4.96. The Kier molecular flexibility index (Phi) is 8.85. The van der Waals surface area contributed by atoms with E-state index < -0.39 is 16.3 Å². The van der Waals surface area contributed by atoms with Crippen LogP contribution in [0.3, 0.4) is 0 Å². The number of benzene rings is 2. The van der Waals surface area contributed by atoms with Crippen molar-refractivity contribution in [1.29, 1.82) is 0 Å². The van der Waals surface area contributed by atoms with Crippen LogP contribution in [0, 0.1) is 20.8 Å². The van der Waals surface area contributed by atoms with E-state index >= 15 is 0 Å². The highest BCUT2D eigenvalue weighted by Crippen LogP contribution is 2.25. The molecule has 0 saturated carbocycles. The molecule has 0 amide bonds. The van der Waals surface area contributed by atoms with Crippen molar-refractivity contribution < 1.29 is 17.9 Å². The van der Waals surface area contributed by atoms with E-state index in [0.717, 1.165) is 26.7 Å². The first-order valence-corrected chi connectivity index (χ1v) is 12.0. The van der Waals surface area contributed by atoms with Crippen LogP contribution in [0.15, 0.2) is 45.8 Å². The lowest BCUT2D eigenvalue weighted by atomic mass is 10.1. The molecule has 0 aliphatic rings. The molecule has 0 N–H and O–H groups in total. The fourth-order valence-corrected chi connectivity index (χ4v) is 4.86. The third-order valence-corrected chi connectivity index (χ3v) is 7.36. The van der Waals surface area contributed by atoms with E-state index in [1.165, 1.54) is 4.31 Å². The van der Waals surface area contributed by atoms with E-state index in [1.54, 1.807) is 12.1 Å². The minimum absolute atomic E-state index is 0.118. The Morgan fingerprint density at radius 1 is 0.966 bits per heavy atom. The van der Waals surface area contributed by atoms with Gasteiger partial charge in [-0.05, 0) is 69.5 Å². The van der Waals surface area contributed by atoms with Gasteiger partial charge in [-0.2, -0.15) is 4.31 Å². The van der Waals surface area contributed by atoms with E-state index in [2.05, 4.69) is 15.9 Å². The van der Waals surface area contributed by atoms with Crippen LogP contribution in [0.2, 0.25) is 0 Å². The molecule has 7 heteroatoms. The van der Waals surface area contributed by atoms with Gasteiger partial charge in [0.05, 0.1) is 11.4 Å². The molecule has 0 spiro atoms. The molecule has 5 nitrogen and oxygen atoms in total. The van der Waals surface area contributed by atoms with Crippen molar-refractivity contribution >= 4 is 26.0 Å². The quantitative estimate of drug-likeness (QED) is 0.447. The van der Waals surface area contributed by atoms with Crippen molar-refractivity contribution in [2.24, 2.45) is 0 Å². The molecule has 0 unspecified atom stereocenters. The first-order chi connectivity index (χ1) is 13.7. The highest BCUT2D eigenvalue weighted by Gasteiger charge is 2.28. The lowest BCUT2D eigenvalue weighted by Gasteiger charge is -2.27. The first-order valence-electron chi connectivity index (χ1n) is 9.74. The summed E-state index contributed by atoms with van der Waals surface area (Å²) >= 11 is 3.54. The van der Waals surface area contributed by atoms with E-state index in [1.807, 2.05) is 58.9 Å². The van der Waals surface area contributed by atoms with Gasteiger partial charge in [-0.3, -0.25) is 0 Å². The Balaban J connectivity index is 2.44. The van der Waals surface area contributed by atoms with Crippen molar-refractivity contribution in [3.63, 3.8) is 0 Å². The van der Waals surface area contributed by atoms with Crippen molar-refractivity contribution in [2.45, 2.75) is 52.3 Å². The number of sulfonamides is 1. The molecule has 0 aliphatic carbocycles. The Morgan fingerprint density at radius 2 is 1.55 bits per heavy atom. The Bertz CT molecular complexity index is 907. The molecule has 2 aromatic rings. The number of rotatable bonds is 10. The number of hydrogen-bond acceptors (Lipinski definition) is 4. The van der Waals surface area contributed by atoms with Gasteiger partial charge < -0.3 is 9.47 Å². The summed E-state index contributed by atoms with van der Waals surface area (Å²) in [6.07, 6.45) is -0.623. The topological polar surface area (TPSA) is 55.8 Å². The van der Waals surface area contributed by atoms with Crippen LogP contribution in [0.5, 0.6) is 0 Å². The fourth-order valence-electron chi connectivity index (χ4n) is 3.00. The van der Waals surface area contributed by atoms with Gasteiger partial charge in [-0.15, -0.1) is 0 Å². The first kappa shape index (κ1) is 24.0. The number of ether oxygens (including phenoxy) is 2. The van der Waals surface area contributed by atoms with Gasteiger partial charge in [-0.1, -0.05) is 39.7 Å². The maximum absolute atomic E-state index is 13.5. The highest BCUT2D eigenvalue weighted by molar-refractivity contribution is 9.10. The molecule has 0 aromatic heterocycles. The Hall–Kier alpha value is -1.25. The Labute approximate surface area is 183 Å². The maximum Gasteiger partial charge on any atom is 0.243 e. The summed E-state index contributed by atoms with van der Waals surface area (Å²) in [5, 5.41) is 0. The van der Waals surface area contributed by atoms with Gasteiger partial charge in [0.2, 0.25) is 10.0 Å². The summed E-state index contributed by atoms with van der Waals surface area (Å²) in [4.78, 5) is 0.265. The van der Waals surface area contributed by atoms with Crippen molar-refractivity contribution in [1.82, 2.24) is 4.31 Å². The molecule has 2 aromatic carbocycles. The van der Waals surface area contributed by atoms with Gasteiger partial charge in [0, 0.05) is 24.2 Å². The normalized spacial score (nSPS) is 12.1. The molecular formula is C22H30BrNO4S. The summed E-state index contributed by atoms with van der Waals surface area (Å²) in [6.45, 7) is 10.9. The van der Waals surface area contributed by atoms with Crippen LogP contribution in [-0.4, -0.2) is 38.8 Å². The van der Waals surface area contributed by atoms with Crippen LogP contribution in [-0.2, 0) is 26.0 Å². The van der Waals surface area contributed by atoms with Gasteiger partial charge in [0.15, 0.2) is 6.29 Å². The van der Waals surface area contributed by atoms with E-state index in [-0.39, 0.29) is 18.0 Å². The average molecular weight is 484 g/mol. The SMILES string of the molecule is CCOC(CN(Cc1cc(C)c(Br)cc1C)S(=O)(=O)c1ccc(C)cc1)OCC. The third-order valence-electron chi connectivity index (χ3n) is 4.68. The Morgan fingerprint density at radius 3 is 2.10 bits per heavy atom. The molecule has 0 radical (unpaired) electrons. The van der Waals surface area contributed by atoms with Gasteiger partial charge in [0.1, 0.15) is 0 Å². The van der Waals surface area contributed by atoms with E-state index in [4.69, 9.17) is 9.47 Å². The van der Waals surface area contributed by atoms with Gasteiger partial charge in [-0.25, -0.2) is 8.42 Å². The number of nitrogens with zero attached hydrogens (tertiary/aromatic N) is 1. The number of aryl methyl sites for hydroxylation is 3. The smallest absolute Gasteiger partial charge is 0.243 e. The molecule has 0 fully saturated rings. The second-order valence-corrected chi connectivity index (χ2v) is 9.77. The lowest BCUT2D eigenvalue weighted by Crippen LogP contribution is -2.39. The monoisotopic (exact) mass is 483 g/mol. The van der Waals surface area contributed by atoms with Crippen molar-refractivity contribution in [2.75, 3.05) is 19.8 Å². The molecule has 2 rings (SSSR count). The van der Waals surface area contributed by atoms with Crippen LogP contribution in [0.4, 0.5) is 0 Å². The highest BCUT2D eigenvalue weighted by atomic mass is 79.9. The zero-order valence-electron chi connectivity index (χ0n) is 17.7. The summed E-state index contributed by atoms with van der Waals surface area (Å²) in [5.41, 5.74) is 4.05. The van der Waals surface area contributed by atoms with Crippen molar-refractivity contribution in [3.8, 4) is 0 Å². The van der Waals surface area contributed by atoms with Crippen LogP contribution >= 0.6 is 15.9 Å². The molecule has 0 heterocycles. The second kappa shape index (κ2) is 10.7. The molecular weight excluding hydrogens is 454 g/mol. The third kappa shape index (κ3) is 6.36. The summed E-state index contributed by atoms with van der Waals surface area (Å²) in [7, 11) is -3.73. The zero-order chi connectivity index (χ0) is 21.6. The van der Waals surface area contributed by atoms with Crippen LogP contribution in [0.25, 0.3) is 0 Å². The fraction of sp³-hybridized carbons (Fsp3) is 0.455. The summed E-state index contributed by atoms with van der Waals surface area (Å²) < 4.78 is 40.7. The zero-order valence-corrected chi connectivity index (χ0v) is 20.1. The van der Waals surface area contributed by atoms with E-state index in [0.29, 0.717) is 13.2 Å². The largest absolute Gasteiger partial charge is 0.352 e. The molecule has 160 valence electrons. The molecule has 0 atom stereocenters. The average Bonchev–Trinajstić information content (AvgIpc) is 2.66. The minimum Gasteiger partial charge on any atom is -0.352 e.